The average Bonchev–Trinajstić information content (AvgIpc) is 3.44. The summed E-state index contributed by atoms with van der Waals surface area (Å²) in [5.74, 6) is -0.0476. The number of ether oxygens (including phenoxy) is 1. The predicted molar refractivity (Wildman–Crippen MR) is 111 cm³/mol. The summed E-state index contributed by atoms with van der Waals surface area (Å²) in [5, 5.41) is 9.15. The maximum atomic E-state index is 13.3. The van der Waals surface area contributed by atoms with Gasteiger partial charge >= 0.3 is 12.1 Å². The molecule has 0 unspecified atom stereocenters. The number of imidazole rings is 1. The van der Waals surface area contributed by atoms with E-state index >= 15 is 0 Å². The van der Waals surface area contributed by atoms with Gasteiger partial charge in [0, 0.05) is 23.5 Å². The van der Waals surface area contributed by atoms with Crippen LogP contribution in [0, 0.1) is 5.41 Å². The first-order valence-corrected chi connectivity index (χ1v) is 10.1. The van der Waals surface area contributed by atoms with Crippen molar-refractivity contribution in [1.29, 1.82) is 0 Å². The van der Waals surface area contributed by atoms with Crippen LogP contribution in [-0.4, -0.2) is 38.8 Å². The van der Waals surface area contributed by atoms with Gasteiger partial charge in [-0.05, 0) is 63.1 Å². The zero-order valence-electron chi connectivity index (χ0n) is 17.5. The van der Waals surface area contributed by atoms with Gasteiger partial charge in [0.05, 0.1) is 16.8 Å². The molecule has 1 aliphatic carbocycles. The third-order valence-electron chi connectivity index (χ3n) is 5.75. The highest BCUT2D eigenvalue weighted by molar-refractivity contribution is 5.73. The van der Waals surface area contributed by atoms with Gasteiger partial charge in [0.2, 0.25) is 0 Å². The molecule has 0 bridgehead atoms. The highest BCUT2D eigenvalue weighted by atomic mass is 19.4. The summed E-state index contributed by atoms with van der Waals surface area (Å²) in [6.07, 6.45) is -1.33. The first-order valence-electron chi connectivity index (χ1n) is 10.1. The Balaban J connectivity index is 1.45. The summed E-state index contributed by atoms with van der Waals surface area (Å²) in [7, 11) is 0. The number of hydrogen-bond donors (Lipinski definition) is 2. The Morgan fingerprint density at radius 2 is 1.72 bits per heavy atom. The molecule has 0 spiro atoms. The first-order chi connectivity index (χ1) is 15.0. The number of pyridine rings is 1. The topological polar surface area (TPSA) is 88.1 Å². The van der Waals surface area contributed by atoms with Crippen LogP contribution in [0.25, 0.3) is 22.6 Å². The fourth-order valence-electron chi connectivity index (χ4n) is 3.29. The minimum Gasteiger partial charge on any atom is -0.492 e. The molecule has 1 aromatic carbocycles. The first kappa shape index (κ1) is 21.9. The van der Waals surface area contributed by atoms with E-state index in [0.717, 1.165) is 5.56 Å². The Morgan fingerprint density at radius 3 is 2.25 bits per heavy atom. The average molecular weight is 445 g/mol. The summed E-state index contributed by atoms with van der Waals surface area (Å²) >= 11 is 0. The van der Waals surface area contributed by atoms with E-state index in [4.69, 9.17) is 9.84 Å². The summed E-state index contributed by atoms with van der Waals surface area (Å²) in [6, 6.07) is 10.6. The van der Waals surface area contributed by atoms with E-state index in [-0.39, 0.29) is 25.1 Å². The number of carboxylic acid groups (broad SMARTS) is 1. The van der Waals surface area contributed by atoms with Gasteiger partial charge < -0.3 is 14.8 Å². The molecule has 168 valence electrons. The lowest BCUT2D eigenvalue weighted by Crippen LogP contribution is -2.30. The van der Waals surface area contributed by atoms with E-state index in [0.29, 0.717) is 22.8 Å². The van der Waals surface area contributed by atoms with E-state index in [2.05, 4.69) is 15.0 Å². The van der Waals surface area contributed by atoms with E-state index < -0.39 is 23.0 Å². The van der Waals surface area contributed by atoms with Gasteiger partial charge in [0.15, 0.2) is 0 Å². The Hall–Kier alpha value is -3.36. The van der Waals surface area contributed by atoms with Gasteiger partial charge in [0.1, 0.15) is 23.6 Å². The zero-order valence-corrected chi connectivity index (χ0v) is 17.5. The Bertz CT molecular complexity index is 1120. The van der Waals surface area contributed by atoms with Crippen molar-refractivity contribution in [1.82, 2.24) is 15.0 Å². The smallest absolute Gasteiger partial charge is 0.399 e. The number of hydrogen-bond acceptors (Lipinski definition) is 4. The maximum Gasteiger partial charge on any atom is 0.399 e. The number of rotatable bonds is 7. The van der Waals surface area contributed by atoms with Crippen molar-refractivity contribution in [2.75, 3.05) is 6.61 Å². The number of aliphatic carboxylic acids is 1. The number of halogens is 3. The summed E-state index contributed by atoms with van der Waals surface area (Å²) in [4.78, 5) is 22.5. The molecule has 9 heteroatoms. The number of benzene rings is 1. The molecule has 6 nitrogen and oxygen atoms in total. The second-order valence-corrected chi connectivity index (χ2v) is 8.66. The molecule has 1 saturated carbocycles. The van der Waals surface area contributed by atoms with Crippen molar-refractivity contribution in [2.24, 2.45) is 5.41 Å². The largest absolute Gasteiger partial charge is 0.492 e. The summed E-state index contributed by atoms with van der Waals surface area (Å²) < 4.78 is 45.5. The van der Waals surface area contributed by atoms with E-state index in [1.807, 2.05) is 0 Å². The minimum absolute atomic E-state index is 0.0371. The number of aromatic amines is 1. The molecular weight excluding hydrogens is 423 g/mol. The van der Waals surface area contributed by atoms with Crippen LogP contribution < -0.4 is 4.74 Å². The number of carbonyl (C=O) groups is 1. The second kappa shape index (κ2) is 7.65. The number of alkyl halides is 3. The van der Waals surface area contributed by atoms with Gasteiger partial charge in [-0.15, -0.1) is 0 Å². The van der Waals surface area contributed by atoms with Crippen molar-refractivity contribution in [3.05, 3.63) is 54.5 Å². The molecule has 0 saturated heterocycles. The summed E-state index contributed by atoms with van der Waals surface area (Å²) in [5.41, 5.74) is -0.627. The van der Waals surface area contributed by atoms with Crippen LogP contribution in [0.15, 0.2) is 48.8 Å². The number of nitrogens with zero attached hydrogens (tertiary/aromatic N) is 2. The molecule has 3 aromatic rings. The van der Waals surface area contributed by atoms with Gasteiger partial charge in [-0.3, -0.25) is 9.78 Å². The molecule has 4 rings (SSSR count). The van der Waals surface area contributed by atoms with Crippen LogP contribution in [0.1, 0.15) is 32.4 Å². The fraction of sp³-hybridized carbons (Fsp3) is 0.348. The molecule has 0 radical (unpaired) electrons. The number of H-pyrrole nitrogens is 1. The number of aromatic nitrogens is 3. The quantitative estimate of drug-likeness (QED) is 0.521. The predicted octanol–water partition coefficient (Wildman–Crippen LogP) is 5.22. The normalized spacial score (nSPS) is 15.4. The summed E-state index contributed by atoms with van der Waals surface area (Å²) in [6.45, 7) is 3.21. The zero-order chi connectivity index (χ0) is 23.1. The lowest BCUT2D eigenvalue weighted by Gasteiger charge is -2.19. The SMILES string of the molecule is CC(C)(COc1ccc(-c2ccc(-c3ncc(C4(C(F)(F)F)CC4)[nH]3)cn2)cc1)C(=O)O. The van der Waals surface area contributed by atoms with Crippen molar-refractivity contribution < 1.29 is 27.8 Å². The second-order valence-electron chi connectivity index (χ2n) is 8.66. The lowest BCUT2D eigenvalue weighted by molar-refractivity contribution is -0.161. The Morgan fingerprint density at radius 1 is 1.06 bits per heavy atom. The third-order valence-corrected chi connectivity index (χ3v) is 5.75. The van der Waals surface area contributed by atoms with Crippen molar-refractivity contribution in [2.45, 2.75) is 38.3 Å². The minimum atomic E-state index is -4.29. The molecule has 2 heterocycles. The van der Waals surface area contributed by atoms with E-state index in [1.165, 1.54) is 6.20 Å². The molecule has 2 N–H and O–H groups in total. The third kappa shape index (κ3) is 4.06. The van der Waals surface area contributed by atoms with Crippen LogP contribution in [0.5, 0.6) is 5.75 Å². The Labute approximate surface area is 182 Å². The molecule has 1 aliphatic rings. The molecule has 32 heavy (non-hydrogen) atoms. The molecular formula is C23H22F3N3O3. The van der Waals surface area contributed by atoms with Crippen LogP contribution >= 0.6 is 0 Å². The van der Waals surface area contributed by atoms with E-state index in [1.54, 1.807) is 56.4 Å². The maximum absolute atomic E-state index is 13.3. The highest BCUT2D eigenvalue weighted by Crippen LogP contribution is 2.58. The van der Waals surface area contributed by atoms with Gasteiger partial charge in [-0.2, -0.15) is 13.2 Å². The lowest BCUT2D eigenvalue weighted by atomic mass is 9.95. The van der Waals surface area contributed by atoms with E-state index in [9.17, 15) is 18.0 Å². The fourth-order valence-corrected chi connectivity index (χ4v) is 3.29. The van der Waals surface area contributed by atoms with Crippen LogP contribution in [0.2, 0.25) is 0 Å². The van der Waals surface area contributed by atoms with Gasteiger partial charge in [0.25, 0.3) is 0 Å². The number of nitrogens with one attached hydrogen (secondary N) is 1. The molecule has 2 aromatic heterocycles. The van der Waals surface area contributed by atoms with Gasteiger partial charge in [-0.25, -0.2) is 4.98 Å². The monoisotopic (exact) mass is 445 g/mol. The van der Waals surface area contributed by atoms with Crippen molar-refractivity contribution >= 4 is 5.97 Å². The van der Waals surface area contributed by atoms with Crippen LogP contribution in [0.3, 0.4) is 0 Å². The standard InChI is InChI=1S/C23H22F3N3O3/c1-21(2,20(30)31)13-32-16-6-3-14(4-7-16)17-8-5-15(11-27-17)19-28-12-18(29-19)22(9-10-22)23(24,25)26/h3-8,11-12H,9-10,13H2,1-2H3,(H,28,29)(H,30,31). The molecule has 0 atom stereocenters. The van der Waals surface area contributed by atoms with Crippen molar-refractivity contribution in [3.63, 3.8) is 0 Å². The van der Waals surface area contributed by atoms with Crippen LogP contribution in [0.4, 0.5) is 13.2 Å². The van der Waals surface area contributed by atoms with Crippen LogP contribution in [-0.2, 0) is 10.2 Å². The molecule has 1 fully saturated rings. The van der Waals surface area contributed by atoms with Gasteiger partial charge in [-0.1, -0.05) is 0 Å². The Kier molecular flexibility index (Phi) is 5.22. The van der Waals surface area contributed by atoms with Crippen molar-refractivity contribution in [3.8, 4) is 28.4 Å². The highest BCUT2D eigenvalue weighted by Gasteiger charge is 2.65. The molecule has 0 amide bonds. The molecule has 0 aliphatic heterocycles. The number of carboxylic acids is 1.